The van der Waals surface area contributed by atoms with E-state index in [0.29, 0.717) is 17.3 Å². The summed E-state index contributed by atoms with van der Waals surface area (Å²) in [6.45, 7) is 4.25. The summed E-state index contributed by atoms with van der Waals surface area (Å²) >= 11 is 1.23. The number of carboxylic acids is 1. The van der Waals surface area contributed by atoms with Crippen LogP contribution in [-0.4, -0.2) is 16.1 Å². The lowest BCUT2D eigenvalue weighted by Gasteiger charge is -2.09. The Hall–Kier alpha value is -1.66. The molecular weight excluding hydrogens is 252 g/mol. The summed E-state index contributed by atoms with van der Waals surface area (Å²) in [5, 5.41) is 14.0. The SMILES string of the molecule is Cc1cnc(C(C)NCc2ccsc2C(=O)O)o1. The predicted octanol–water partition coefficient (Wildman–Crippen LogP) is 2.59. The van der Waals surface area contributed by atoms with Crippen LogP contribution >= 0.6 is 11.3 Å². The van der Waals surface area contributed by atoms with Crippen molar-refractivity contribution >= 4 is 17.3 Å². The fourth-order valence-corrected chi connectivity index (χ4v) is 2.35. The van der Waals surface area contributed by atoms with E-state index in [1.807, 2.05) is 19.9 Å². The third-order valence-electron chi connectivity index (χ3n) is 2.55. The number of carbonyl (C=O) groups is 1. The van der Waals surface area contributed by atoms with Crippen molar-refractivity contribution in [3.05, 3.63) is 39.7 Å². The number of carboxylic acid groups (broad SMARTS) is 1. The van der Waals surface area contributed by atoms with E-state index in [0.717, 1.165) is 11.3 Å². The van der Waals surface area contributed by atoms with Gasteiger partial charge in [-0.25, -0.2) is 9.78 Å². The van der Waals surface area contributed by atoms with Crippen molar-refractivity contribution in [3.63, 3.8) is 0 Å². The number of oxazole rings is 1. The number of aromatic nitrogens is 1. The zero-order valence-electron chi connectivity index (χ0n) is 10.1. The maximum Gasteiger partial charge on any atom is 0.346 e. The van der Waals surface area contributed by atoms with Crippen LogP contribution < -0.4 is 5.32 Å². The van der Waals surface area contributed by atoms with Gasteiger partial charge in [-0.05, 0) is 30.9 Å². The molecule has 0 saturated heterocycles. The molecule has 2 aromatic rings. The van der Waals surface area contributed by atoms with E-state index in [1.165, 1.54) is 11.3 Å². The summed E-state index contributed by atoms with van der Waals surface area (Å²) in [5.74, 6) is 0.487. The summed E-state index contributed by atoms with van der Waals surface area (Å²) in [6.07, 6.45) is 1.67. The Kier molecular flexibility index (Phi) is 3.78. The molecule has 0 aliphatic carbocycles. The molecule has 2 N–H and O–H groups in total. The van der Waals surface area contributed by atoms with Crippen molar-refractivity contribution in [3.8, 4) is 0 Å². The molecule has 2 aromatic heterocycles. The number of aryl methyl sites for hydroxylation is 1. The van der Waals surface area contributed by atoms with Crippen LogP contribution in [0.25, 0.3) is 0 Å². The van der Waals surface area contributed by atoms with Gasteiger partial charge in [-0.15, -0.1) is 11.3 Å². The molecule has 18 heavy (non-hydrogen) atoms. The van der Waals surface area contributed by atoms with Crippen LogP contribution in [0.3, 0.4) is 0 Å². The molecule has 0 aliphatic rings. The normalized spacial score (nSPS) is 12.6. The highest BCUT2D eigenvalue weighted by molar-refractivity contribution is 7.12. The Morgan fingerprint density at radius 2 is 2.44 bits per heavy atom. The summed E-state index contributed by atoms with van der Waals surface area (Å²) in [7, 11) is 0. The fourth-order valence-electron chi connectivity index (χ4n) is 1.59. The summed E-state index contributed by atoms with van der Waals surface area (Å²) in [5.41, 5.74) is 0.780. The van der Waals surface area contributed by atoms with E-state index in [-0.39, 0.29) is 6.04 Å². The lowest BCUT2D eigenvalue weighted by Crippen LogP contribution is -2.19. The average Bonchev–Trinajstić information content (AvgIpc) is 2.94. The minimum Gasteiger partial charge on any atom is -0.477 e. The van der Waals surface area contributed by atoms with Gasteiger partial charge in [0.1, 0.15) is 10.6 Å². The van der Waals surface area contributed by atoms with Gasteiger partial charge in [0.25, 0.3) is 0 Å². The zero-order valence-corrected chi connectivity index (χ0v) is 11.0. The Labute approximate surface area is 108 Å². The Morgan fingerprint density at radius 1 is 1.67 bits per heavy atom. The third-order valence-corrected chi connectivity index (χ3v) is 3.49. The molecule has 0 saturated carbocycles. The van der Waals surface area contributed by atoms with Crippen molar-refractivity contribution < 1.29 is 14.3 Å². The van der Waals surface area contributed by atoms with E-state index in [2.05, 4.69) is 10.3 Å². The summed E-state index contributed by atoms with van der Waals surface area (Å²) in [6, 6.07) is 1.76. The zero-order chi connectivity index (χ0) is 13.1. The van der Waals surface area contributed by atoms with E-state index >= 15 is 0 Å². The molecule has 96 valence electrons. The quantitative estimate of drug-likeness (QED) is 0.870. The molecule has 0 amide bonds. The molecule has 1 atom stereocenters. The number of nitrogens with one attached hydrogen (secondary N) is 1. The molecule has 0 aromatic carbocycles. The van der Waals surface area contributed by atoms with E-state index in [9.17, 15) is 4.79 Å². The monoisotopic (exact) mass is 266 g/mol. The fraction of sp³-hybridized carbons (Fsp3) is 0.333. The Bertz CT molecular complexity index is 547. The molecule has 2 rings (SSSR count). The topological polar surface area (TPSA) is 75.4 Å². The lowest BCUT2D eigenvalue weighted by atomic mass is 10.2. The first-order valence-electron chi connectivity index (χ1n) is 5.53. The van der Waals surface area contributed by atoms with Crippen LogP contribution in [0.15, 0.2) is 22.1 Å². The molecule has 2 heterocycles. The largest absolute Gasteiger partial charge is 0.477 e. The van der Waals surface area contributed by atoms with Crippen LogP contribution in [0.1, 0.15) is 39.9 Å². The van der Waals surface area contributed by atoms with Gasteiger partial charge in [0.05, 0.1) is 12.2 Å². The first-order chi connectivity index (χ1) is 8.58. The Balaban J connectivity index is 1.99. The van der Waals surface area contributed by atoms with Gasteiger partial charge in [-0.2, -0.15) is 0 Å². The highest BCUT2D eigenvalue weighted by atomic mass is 32.1. The van der Waals surface area contributed by atoms with Crippen molar-refractivity contribution in [2.45, 2.75) is 26.4 Å². The van der Waals surface area contributed by atoms with E-state index in [1.54, 1.807) is 11.6 Å². The second kappa shape index (κ2) is 5.32. The molecular formula is C12H14N2O3S. The maximum atomic E-state index is 11.0. The minimum atomic E-state index is -0.888. The van der Waals surface area contributed by atoms with Crippen LogP contribution in [0.4, 0.5) is 0 Å². The number of rotatable bonds is 5. The molecule has 1 unspecified atom stereocenters. The molecule has 0 aliphatic heterocycles. The molecule has 5 nitrogen and oxygen atoms in total. The smallest absolute Gasteiger partial charge is 0.346 e. The lowest BCUT2D eigenvalue weighted by molar-refractivity contribution is 0.0701. The predicted molar refractivity (Wildman–Crippen MR) is 67.8 cm³/mol. The Morgan fingerprint density at radius 3 is 3.06 bits per heavy atom. The van der Waals surface area contributed by atoms with Crippen molar-refractivity contribution in [1.29, 1.82) is 0 Å². The highest BCUT2D eigenvalue weighted by Gasteiger charge is 2.14. The van der Waals surface area contributed by atoms with Crippen LogP contribution in [0.5, 0.6) is 0 Å². The van der Waals surface area contributed by atoms with Gasteiger partial charge >= 0.3 is 5.97 Å². The maximum absolute atomic E-state index is 11.0. The van der Waals surface area contributed by atoms with Gasteiger partial charge in [0, 0.05) is 6.54 Å². The number of hydrogen-bond acceptors (Lipinski definition) is 5. The highest BCUT2D eigenvalue weighted by Crippen LogP contribution is 2.18. The molecule has 6 heteroatoms. The van der Waals surface area contributed by atoms with Gasteiger partial charge in [-0.3, -0.25) is 0 Å². The second-order valence-electron chi connectivity index (χ2n) is 3.99. The van der Waals surface area contributed by atoms with Gasteiger partial charge in [0.2, 0.25) is 5.89 Å². The van der Waals surface area contributed by atoms with Crippen molar-refractivity contribution in [2.24, 2.45) is 0 Å². The number of aromatic carboxylic acids is 1. The molecule has 0 fully saturated rings. The number of hydrogen-bond donors (Lipinski definition) is 2. The van der Waals surface area contributed by atoms with Crippen LogP contribution in [0.2, 0.25) is 0 Å². The number of nitrogens with zero attached hydrogens (tertiary/aromatic N) is 1. The molecule has 0 bridgehead atoms. The second-order valence-corrected chi connectivity index (χ2v) is 4.91. The summed E-state index contributed by atoms with van der Waals surface area (Å²) in [4.78, 5) is 15.5. The number of thiophene rings is 1. The molecule has 0 radical (unpaired) electrons. The standard InChI is InChI=1S/C12H14N2O3S/c1-7-5-14-11(17-7)8(2)13-6-9-3-4-18-10(9)12(15)16/h3-5,8,13H,6H2,1-2H3,(H,15,16). The average molecular weight is 266 g/mol. The van der Waals surface area contributed by atoms with E-state index < -0.39 is 5.97 Å². The van der Waals surface area contributed by atoms with Gasteiger partial charge in [0.15, 0.2) is 0 Å². The van der Waals surface area contributed by atoms with E-state index in [4.69, 9.17) is 9.52 Å². The first-order valence-corrected chi connectivity index (χ1v) is 6.41. The first kappa shape index (κ1) is 12.8. The molecule has 0 spiro atoms. The minimum absolute atomic E-state index is 0.0553. The van der Waals surface area contributed by atoms with Crippen molar-refractivity contribution in [2.75, 3.05) is 0 Å². The van der Waals surface area contributed by atoms with Gasteiger partial charge in [-0.1, -0.05) is 0 Å². The third kappa shape index (κ3) is 2.77. The van der Waals surface area contributed by atoms with Gasteiger partial charge < -0.3 is 14.8 Å². The van der Waals surface area contributed by atoms with Crippen LogP contribution in [0, 0.1) is 6.92 Å². The van der Waals surface area contributed by atoms with Crippen molar-refractivity contribution in [1.82, 2.24) is 10.3 Å². The van der Waals surface area contributed by atoms with Crippen LogP contribution in [-0.2, 0) is 6.54 Å². The summed E-state index contributed by atoms with van der Waals surface area (Å²) < 4.78 is 5.41.